The van der Waals surface area contributed by atoms with Gasteiger partial charge in [-0.2, -0.15) is 0 Å². The topological polar surface area (TPSA) is 35.5 Å². The van der Waals surface area contributed by atoms with Gasteiger partial charge in [-0.05, 0) is 13.3 Å². The highest BCUT2D eigenvalue weighted by Gasteiger charge is 2.15. The van der Waals surface area contributed by atoms with Crippen LogP contribution >= 0.6 is 0 Å². The molecule has 0 saturated carbocycles. The van der Waals surface area contributed by atoms with Crippen molar-refractivity contribution in [3.8, 4) is 0 Å². The Morgan fingerprint density at radius 2 is 1.83 bits per heavy atom. The molecule has 0 fully saturated rings. The smallest absolute Gasteiger partial charge is 0.217 e. The number of rotatable bonds is 6. The number of hydrogen-bond donors (Lipinski definition) is 0. The van der Waals surface area contributed by atoms with Gasteiger partial charge in [0.2, 0.25) is 6.29 Å². The van der Waals surface area contributed by atoms with E-state index in [2.05, 4.69) is 6.58 Å². The number of ketones is 1. The summed E-state index contributed by atoms with van der Waals surface area (Å²) in [4.78, 5) is 11.2. The zero-order valence-corrected chi connectivity index (χ0v) is 7.92. The Hall–Kier alpha value is -0.670. The summed E-state index contributed by atoms with van der Waals surface area (Å²) in [5.74, 6) is -0.0389. The molecule has 0 aromatic carbocycles. The van der Waals surface area contributed by atoms with Crippen LogP contribution in [0.1, 0.15) is 19.8 Å². The summed E-state index contributed by atoms with van der Waals surface area (Å²) in [7, 11) is 2.90. The van der Waals surface area contributed by atoms with E-state index in [1.165, 1.54) is 14.2 Å². The molecule has 0 aromatic rings. The van der Waals surface area contributed by atoms with Crippen LogP contribution in [0.4, 0.5) is 0 Å². The summed E-state index contributed by atoms with van der Waals surface area (Å²) in [5, 5.41) is 0. The number of ether oxygens (including phenoxy) is 2. The lowest BCUT2D eigenvalue weighted by Crippen LogP contribution is -2.24. The third-order valence-corrected chi connectivity index (χ3v) is 1.49. The average Bonchev–Trinajstić information content (AvgIpc) is 2.03. The second kappa shape index (κ2) is 5.91. The minimum atomic E-state index is -0.718. The van der Waals surface area contributed by atoms with Gasteiger partial charge in [0, 0.05) is 20.6 Å². The molecule has 0 aromatic heterocycles. The zero-order chi connectivity index (χ0) is 9.56. The SMILES string of the molecule is C=C(C)CCC(=O)C(OC)OC. The number of Topliss-reactive ketones (excluding diaryl/α,β-unsaturated/α-hetero) is 1. The molecular weight excluding hydrogens is 156 g/mol. The van der Waals surface area contributed by atoms with Crippen LogP contribution < -0.4 is 0 Å². The number of carbonyl (C=O) groups excluding carboxylic acids is 1. The lowest BCUT2D eigenvalue weighted by Gasteiger charge is -2.11. The molecule has 12 heavy (non-hydrogen) atoms. The Balaban J connectivity index is 3.77. The van der Waals surface area contributed by atoms with Crippen LogP contribution in [0.25, 0.3) is 0 Å². The molecular formula is C9H16O3. The number of carbonyl (C=O) groups is 1. The molecule has 3 nitrogen and oxygen atoms in total. The minimum absolute atomic E-state index is 0.0389. The fourth-order valence-corrected chi connectivity index (χ4v) is 0.814. The summed E-state index contributed by atoms with van der Waals surface area (Å²) < 4.78 is 9.58. The van der Waals surface area contributed by atoms with Crippen molar-refractivity contribution in [2.45, 2.75) is 26.1 Å². The van der Waals surface area contributed by atoms with Crippen molar-refractivity contribution in [2.24, 2.45) is 0 Å². The van der Waals surface area contributed by atoms with E-state index in [4.69, 9.17) is 9.47 Å². The highest BCUT2D eigenvalue weighted by atomic mass is 16.7. The van der Waals surface area contributed by atoms with Gasteiger partial charge in [0.05, 0.1) is 0 Å². The third kappa shape index (κ3) is 4.26. The van der Waals surface area contributed by atoms with Crippen LogP contribution in [0.15, 0.2) is 12.2 Å². The first-order valence-electron chi connectivity index (χ1n) is 3.84. The molecule has 0 saturated heterocycles. The molecule has 0 heterocycles. The third-order valence-electron chi connectivity index (χ3n) is 1.49. The van der Waals surface area contributed by atoms with Crippen molar-refractivity contribution >= 4 is 5.78 Å². The second-order valence-corrected chi connectivity index (χ2v) is 2.73. The van der Waals surface area contributed by atoms with Crippen molar-refractivity contribution in [1.82, 2.24) is 0 Å². The highest BCUT2D eigenvalue weighted by molar-refractivity contribution is 5.81. The van der Waals surface area contributed by atoms with Gasteiger partial charge >= 0.3 is 0 Å². The van der Waals surface area contributed by atoms with Crippen LogP contribution in [0.5, 0.6) is 0 Å². The van der Waals surface area contributed by atoms with Crippen LogP contribution in [0, 0.1) is 0 Å². The van der Waals surface area contributed by atoms with Gasteiger partial charge in [-0.15, -0.1) is 6.58 Å². The van der Waals surface area contributed by atoms with Crippen molar-refractivity contribution < 1.29 is 14.3 Å². The molecule has 0 aliphatic carbocycles. The number of allylic oxidation sites excluding steroid dienone is 1. The predicted molar refractivity (Wildman–Crippen MR) is 46.9 cm³/mol. The summed E-state index contributed by atoms with van der Waals surface area (Å²) in [5.41, 5.74) is 0.995. The summed E-state index contributed by atoms with van der Waals surface area (Å²) >= 11 is 0. The number of hydrogen-bond acceptors (Lipinski definition) is 3. The molecule has 0 atom stereocenters. The van der Waals surface area contributed by atoms with Crippen LogP contribution in [0.2, 0.25) is 0 Å². The standard InChI is InChI=1S/C9H16O3/c1-7(2)5-6-8(10)9(11-3)12-4/h9H,1,5-6H2,2-4H3. The maximum absolute atomic E-state index is 11.2. The molecule has 0 N–H and O–H groups in total. The predicted octanol–water partition coefficient (Wildman–Crippen LogP) is 1.53. The molecule has 0 amide bonds. The summed E-state index contributed by atoms with van der Waals surface area (Å²) in [6.45, 7) is 5.59. The van der Waals surface area contributed by atoms with Gasteiger partial charge in [-0.1, -0.05) is 5.57 Å². The Bertz CT molecular complexity index is 159. The van der Waals surface area contributed by atoms with Crippen LogP contribution in [-0.4, -0.2) is 26.3 Å². The Labute approximate surface area is 73.4 Å². The van der Waals surface area contributed by atoms with Gasteiger partial charge in [0.15, 0.2) is 5.78 Å². The van der Waals surface area contributed by atoms with Crippen molar-refractivity contribution in [3.05, 3.63) is 12.2 Å². The normalized spacial score (nSPS) is 10.3. The molecule has 3 heteroatoms. The van der Waals surface area contributed by atoms with Gasteiger partial charge in [0.25, 0.3) is 0 Å². The first kappa shape index (κ1) is 11.3. The van der Waals surface area contributed by atoms with Gasteiger partial charge in [0.1, 0.15) is 0 Å². The lowest BCUT2D eigenvalue weighted by molar-refractivity contribution is -0.156. The number of methoxy groups -OCH3 is 2. The molecule has 0 aliphatic rings. The maximum atomic E-state index is 11.2. The maximum Gasteiger partial charge on any atom is 0.217 e. The quantitative estimate of drug-likeness (QED) is 0.450. The average molecular weight is 172 g/mol. The van der Waals surface area contributed by atoms with Crippen molar-refractivity contribution in [1.29, 1.82) is 0 Å². The van der Waals surface area contributed by atoms with Crippen LogP contribution in [0.3, 0.4) is 0 Å². The monoisotopic (exact) mass is 172 g/mol. The van der Waals surface area contributed by atoms with E-state index >= 15 is 0 Å². The van der Waals surface area contributed by atoms with E-state index in [0.29, 0.717) is 12.8 Å². The van der Waals surface area contributed by atoms with Gasteiger partial charge < -0.3 is 9.47 Å². The molecule has 0 bridgehead atoms. The van der Waals surface area contributed by atoms with E-state index in [0.717, 1.165) is 5.57 Å². The first-order valence-corrected chi connectivity index (χ1v) is 3.84. The van der Waals surface area contributed by atoms with E-state index in [1.54, 1.807) is 0 Å². The second-order valence-electron chi connectivity index (χ2n) is 2.73. The van der Waals surface area contributed by atoms with E-state index in [9.17, 15) is 4.79 Å². The van der Waals surface area contributed by atoms with Crippen molar-refractivity contribution in [3.63, 3.8) is 0 Å². The van der Waals surface area contributed by atoms with E-state index in [1.807, 2.05) is 6.92 Å². The Morgan fingerprint density at radius 1 is 1.33 bits per heavy atom. The van der Waals surface area contributed by atoms with Gasteiger partial charge in [-0.25, -0.2) is 0 Å². The van der Waals surface area contributed by atoms with E-state index in [-0.39, 0.29) is 5.78 Å². The van der Waals surface area contributed by atoms with Crippen molar-refractivity contribution in [2.75, 3.05) is 14.2 Å². The molecule has 0 radical (unpaired) electrons. The fraction of sp³-hybridized carbons (Fsp3) is 0.667. The van der Waals surface area contributed by atoms with E-state index < -0.39 is 6.29 Å². The first-order chi connectivity index (χ1) is 5.61. The molecule has 0 rings (SSSR count). The Morgan fingerprint density at radius 3 is 2.17 bits per heavy atom. The summed E-state index contributed by atoms with van der Waals surface area (Å²) in [6.07, 6.45) is 0.411. The Kier molecular flexibility index (Phi) is 5.58. The molecule has 0 spiro atoms. The highest BCUT2D eigenvalue weighted by Crippen LogP contribution is 2.05. The molecule has 0 aliphatic heterocycles. The molecule has 70 valence electrons. The molecule has 0 unspecified atom stereocenters. The fourth-order valence-electron chi connectivity index (χ4n) is 0.814. The van der Waals surface area contributed by atoms with Gasteiger partial charge in [-0.3, -0.25) is 4.79 Å². The lowest BCUT2D eigenvalue weighted by atomic mass is 10.1. The largest absolute Gasteiger partial charge is 0.349 e. The minimum Gasteiger partial charge on any atom is -0.349 e. The summed E-state index contributed by atoms with van der Waals surface area (Å²) in [6, 6.07) is 0. The zero-order valence-electron chi connectivity index (χ0n) is 7.92. The van der Waals surface area contributed by atoms with Crippen LogP contribution in [-0.2, 0) is 14.3 Å².